The molecule has 0 bridgehead atoms. The number of fused-ring (bicyclic) bond motifs is 2. The molecule has 1 aromatic carbocycles. The second kappa shape index (κ2) is 3.59. The highest BCUT2D eigenvalue weighted by Crippen LogP contribution is 2.40. The Morgan fingerprint density at radius 3 is 2.44 bits per heavy atom. The molecule has 2 aliphatic heterocycles. The van der Waals surface area contributed by atoms with Crippen LogP contribution in [0.5, 0.6) is 17.2 Å². The van der Waals surface area contributed by atoms with Gasteiger partial charge in [-0.25, -0.2) is 0 Å². The SMILES string of the molecule is O=C1CCOc2cc3c(cc2N1)OCCO3. The number of amides is 1. The van der Waals surface area contributed by atoms with Gasteiger partial charge < -0.3 is 19.5 Å². The van der Waals surface area contributed by atoms with Gasteiger partial charge in [-0.05, 0) is 0 Å². The van der Waals surface area contributed by atoms with Gasteiger partial charge in [0.05, 0.1) is 18.7 Å². The Labute approximate surface area is 92.3 Å². The van der Waals surface area contributed by atoms with Crippen molar-refractivity contribution >= 4 is 11.6 Å². The topological polar surface area (TPSA) is 56.8 Å². The van der Waals surface area contributed by atoms with Gasteiger partial charge in [0.15, 0.2) is 11.5 Å². The van der Waals surface area contributed by atoms with E-state index >= 15 is 0 Å². The molecule has 0 saturated heterocycles. The van der Waals surface area contributed by atoms with Crippen LogP contribution in [-0.2, 0) is 4.79 Å². The summed E-state index contributed by atoms with van der Waals surface area (Å²) in [7, 11) is 0. The molecular formula is C11H11NO4. The minimum atomic E-state index is -0.0459. The summed E-state index contributed by atoms with van der Waals surface area (Å²) in [6.07, 6.45) is 0.362. The van der Waals surface area contributed by atoms with Crippen molar-refractivity contribution in [3.8, 4) is 17.2 Å². The molecule has 0 saturated carbocycles. The van der Waals surface area contributed by atoms with Crippen LogP contribution in [0.2, 0.25) is 0 Å². The number of anilines is 1. The first-order valence-corrected chi connectivity index (χ1v) is 5.19. The molecule has 16 heavy (non-hydrogen) atoms. The summed E-state index contributed by atoms with van der Waals surface area (Å²) >= 11 is 0. The number of rotatable bonds is 0. The Balaban J connectivity index is 2.04. The Hall–Kier alpha value is -1.91. The number of hydrogen-bond donors (Lipinski definition) is 1. The lowest BCUT2D eigenvalue weighted by molar-refractivity contribution is -0.116. The Kier molecular flexibility index (Phi) is 2.09. The van der Waals surface area contributed by atoms with Gasteiger partial charge in [0.2, 0.25) is 5.91 Å². The van der Waals surface area contributed by atoms with Crippen LogP contribution >= 0.6 is 0 Å². The first-order chi connectivity index (χ1) is 7.83. The average Bonchev–Trinajstić information content (AvgIpc) is 2.46. The summed E-state index contributed by atoms with van der Waals surface area (Å²) in [6, 6.07) is 3.50. The zero-order chi connectivity index (χ0) is 11.0. The first kappa shape index (κ1) is 9.33. The van der Waals surface area contributed by atoms with Gasteiger partial charge in [-0.2, -0.15) is 0 Å². The average molecular weight is 221 g/mol. The van der Waals surface area contributed by atoms with Crippen molar-refractivity contribution in [2.24, 2.45) is 0 Å². The van der Waals surface area contributed by atoms with Crippen molar-refractivity contribution in [2.75, 3.05) is 25.1 Å². The molecule has 5 nitrogen and oxygen atoms in total. The summed E-state index contributed by atoms with van der Waals surface area (Å²) in [5.41, 5.74) is 0.645. The van der Waals surface area contributed by atoms with Gasteiger partial charge in [0.25, 0.3) is 0 Å². The molecule has 0 unspecified atom stereocenters. The molecular weight excluding hydrogens is 210 g/mol. The summed E-state index contributed by atoms with van der Waals surface area (Å²) in [6.45, 7) is 1.46. The predicted octanol–water partition coefficient (Wildman–Crippen LogP) is 1.18. The molecule has 0 fully saturated rings. The molecule has 5 heteroatoms. The molecule has 0 aromatic heterocycles. The third-order valence-electron chi connectivity index (χ3n) is 2.51. The molecule has 2 aliphatic rings. The van der Waals surface area contributed by atoms with Crippen molar-refractivity contribution in [1.29, 1.82) is 0 Å². The van der Waals surface area contributed by atoms with E-state index in [-0.39, 0.29) is 5.91 Å². The quantitative estimate of drug-likeness (QED) is 0.714. The lowest BCUT2D eigenvalue weighted by atomic mass is 10.2. The van der Waals surface area contributed by atoms with Gasteiger partial charge in [0, 0.05) is 12.1 Å². The predicted molar refractivity (Wildman–Crippen MR) is 56.2 cm³/mol. The molecule has 1 N–H and O–H groups in total. The minimum Gasteiger partial charge on any atom is -0.491 e. The minimum absolute atomic E-state index is 0.0459. The Bertz CT molecular complexity index is 444. The van der Waals surface area contributed by atoms with Crippen LogP contribution in [-0.4, -0.2) is 25.7 Å². The van der Waals surface area contributed by atoms with Gasteiger partial charge in [-0.3, -0.25) is 4.79 Å². The van der Waals surface area contributed by atoms with E-state index in [1.54, 1.807) is 12.1 Å². The zero-order valence-corrected chi connectivity index (χ0v) is 8.62. The molecule has 1 amide bonds. The van der Waals surface area contributed by atoms with E-state index in [0.717, 1.165) is 0 Å². The van der Waals surface area contributed by atoms with Crippen molar-refractivity contribution < 1.29 is 19.0 Å². The van der Waals surface area contributed by atoms with Gasteiger partial charge in [-0.15, -0.1) is 0 Å². The van der Waals surface area contributed by atoms with Crippen molar-refractivity contribution in [3.05, 3.63) is 12.1 Å². The van der Waals surface area contributed by atoms with Gasteiger partial charge >= 0.3 is 0 Å². The summed E-state index contributed by atoms with van der Waals surface area (Å²) in [4.78, 5) is 11.4. The van der Waals surface area contributed by atoms with E-state index < -0.39 is 0 Å². The van der Waals surface area contributed by atoms with Crippen LogP contribution in [0.4, 0.5) is 5.69 Å². The summed E-state index contributed by atoms with van der Waals surface area (Å²) in [5.74, 6) is 1.91. The molecule has 0 atom stereocenters. The normalized spacial score (nSPS) is 17.9. The largest absolute Gasteiger partial charge is 0.491 e. The lowest BCUT2D eigenvalue weighted by Crippen LogP contribution is -2.16. The number of carbonyl (C=O) groups excluding carboxylic acids is 1. The monoisotopic (exact) mass is 221 g/mol. The fourth-order valence-corrected chi connectivity index (χ4v) is 1.75. The molecule has 0 spiro atoms. The highest BCUT2D eigenvalue weighted by atomic mass is 16.6. The molecule has 0 aliphatic carbocycles. The highest BCUT2D eigenvalue weighted by Gasteiger charge is 2.20. The molecule has 2 heterocycles. The molecule has 3 rings (SSSR count). The molecule has 84 valence electrons. The number of carbonyl (C=O) groups is 1. The Morgan fingerprint density at radius 2 is 1.62 bits per heavy atom. The van der Waals surface area contributed by atoms with Crippen LogP contribution in [0.1, 0.15) is 6.42 Å². The maximum absolute atomic E-state index is 11.4. The molecule has 0 radical (unpaired) electrons. The number of hydrogen-bond acceptors (Lipinski definition) is 4. The van der Waals surface area contributed by atoms with Crippen molar-refractivity contribution in [1.82, 2.24) is 0 Å². The van der Waals surface area contributed by atoms with Crippen molar-refractivity contribution in [3.63, 3.8) is 0 Å². The summed E-state index contributed by atoms with van der Waals surface area (Å²) in [5, 5.41) is 2.77. The summed E-state index contributed by atoms with van der Waals surface area (Å²) < 4.78 is 16.3. The number of nitrogens with one attached hydrogen (secondary N) is 1. The Morgan fingerprint density at radius 1 is 0.938 bits per heavy atom. The first-order valence-electron chi connectivity index (χ1n) is 5.19. The lowest BCUT2D eigenvalue weighted by Gasteiger charge is -2.20. The van der Waals surface area contributed by atoms with Gasteiger partial charge in [-0.1, -0.05) is 0 Å². The van der Waals surface area contributed by atoms with Crippen LogP contribution in [0.25, 0.3) is 0 Å². The standard InChI is InChI=1S/C11H11NO4/c13-11-1-2-14-8-6-10-9(5-7(8)12-11)15-3-4-16-10/h5-6H,1-4H2,(H,12,13). The van der Waals surface area contributed by atoms with E-state index in [1.165, 1.54) is 0 Å². The van der Waals surface area contributed by atoms with Crippen LogP contribution in [0.15, 0.2) is 12.1 Å². The zero-order valence-electron chi connectivity index (χ0n) is 8.62. The van der Waals surface area contributed by atoms with E-state index in [4.69, 9.17) is 14.2 Å². The maximum Gasteiger partial charge on any atom is 0.227 e. The van der Waals surface area contributed by atoms with Crippen molar-refractivity contribution in [2.45, 2.75) is 6.42 Å². The third-order valence-corrected chi connectivity index (χ3v) is 2.51. The van der Waals surface area contributed by atoms with E-state index in [2.05, 4.69) is 5.32 Å². The highest BCUT2D eigenvalue weighted by molar-refractivity contribution is 5.93. The fraction of sp³-hybridized carbons (Fsp3) is 0.364. The second-order valence-electron chi connectivity index (χ2n) is 3.64. The molecule has 1 aromatic rings. The number of ether oxygens (including phenoxy) is 3. The maximum atomic E-state index is 11.4. The third kappa shape index (κ3) is 1.54. The fourth-order valence-electron chi connectivity index (χ4n) is 1.75. The van der Waals surface area contributed by atoms with E-state index in [1.807, 2.05) is 0 Å². The smallest absolute Gasteiger partial charge is 0.227 e. The van der Waals surface area contributed by atoms with Crippen LogP contribution < -0.4 is 19.5 Å². The second-order valence-corrected chi connectivity index (χ2v) is 3.64. The van der Waals surface area contributed by atoms with Crippen LogP contribution in [0.3, 0.4) is 0 Å². The van der Waals surface area contributed by atoms with Crippen LogP contribution in [0, 0.1) is 0 Å². The number of benzene rings is 1. The van der Waals surface area contributed by atoms with E-state index in [0.29, 0.717) is 49.2 Å². The van der Waals surface area contributed by atoms with Gasteiger partial charge in [0.1, 0.15) is 19.0 Å². The van der Waals surface area contributed by atoms with E-state index in [9.17, 15) is 4.79 Å².